The molecule has 0 heterocycles. The molecule has 15 heavy (non-hydrogen) atoms. The monoisotopic (exact) mass is 211 g/mol. The first-order valence-electron chi connectivity index (χ1n) is 6.07. The van der Waals surface area contributed by atoms with Crippen LogP contribution >= 0.6 is 0 Å². The second-order valence-electron chi connectivity index (χ2n) is 4.02. The van der Waals surface area contributed by atoms with Crippen LogP contribution in [0.5, 0.6) is 0 Å². The first-order chi connectivity index (χ1) is 7.31. The van der Waals surface area contributed by atoms with Gasteiger partial charge in [-0.05, 0) is 39.5 Å². The van der Waals surface area contributed by atoms with Gasteiger partial charge in [-0.2, -0.15) is 5.26 Å². The Labute approximate surface area is 94.5 Å². The van der Waals surface area contributed by atoms with Crippen molar-refractivity contribution >= 4 is 0 Å². The third kappa shape index (κ3) is 11.3. The number of nitriles is 1. The van der Waals surface area contributed by atoms with Gasteiger partial charge in [0.15, 0.2) is 0 Å². The molecule has 0 aromatic heterocycles. The topological polar surface area (TPSA) is 39.1 Å². The SMILES string of the molecule is CCCCCN(C)CCCNCCC#N. The van der Waals surface area contributed by atoms with Crippen LogP contribution in [0.15, 0.2) is 0 Å². The number of rotatable bonds is 10. The van der Waals surface area contributed by atoms with Crippen molar-refractivity contribution in [2.75, 3.05) is 33.2 Å². The van der Waals surface area contributed by atoms with Crippen LogP contribution in [0.25, 0.3) is 0 Å². The summed E-state index contributed by atoms with van der Waals surface area (Å²) in [5.41, 5.74) is 0. The van der Waals surface area contributed by atoms with E-state index in [2.05, 4.69) is 30.3 Å². The van der Waals surface area contributed by atoms with Crippen LogP contribution in [0.4, 0.5) is 0 Å². The van der Waals surface area contributed by atoms with Gasteiger partial charge in [0, 0.05) is 13.0 Å². The van der Waals surface area contributed by atoms with Gasteiger partial charge in [-0.3, -0.25) is 0 Å². The van der Waals surface area contributed by atoms with E-state index < -0.39 is 0 Å². The second-order valence-corrected chi connectivity index (χ2v) is 4.02. The van der Waals surface area contributed by atoms with Gasteiger partial charge in [-0.25, -0.2) is 0 Å². The van der Waals surface area contributed by atoms with Crippen molar-refractivity contribution in [2.24, 2.45) is 0 Å². The minimum Gasteiger partial charge on any atom is -0.316 e. The van der Waals surface area contributed by atoms with E-state index in [4.69, 9.17) is 5.26 Å². The normalized spacial score (nSPS) is 10.5. The lowest BCUT2D eigenvalue weighted by atomic mass is 10.2. The molecule has 0 aromatic carbocycles. The number of nitrogens with zero attached hydrogens (tertiary/aromatic N) is 2. The van der Waals surface area contributed by atoms with Crippen molar-refractivity contribution < 1.29 is 0 Å². The Morgan fingerprint density at radius 2 is 1.87 bits per heavy atom. The summed E-state index contributed by atoms with van der Waals surface area (Å²) in [6.07, 6.45) is 5.74. The summed E-state index contributed by atoms with van der Waals surface area (Å²) in [7, 11) is 2.19. The van der Waals surface area contributed by atoms with Crippen LogP contribution in [0.2, 0.25) is 0 Å². The molecule has 0 aliphatic rings. The molecular weight excluding hydrogens is 186 g/mol. The molecule has 0 saturated carbocycles. The van der Waals surface area contributed by atoms with Crippen LogP contribution in [-0.4, -0.2) is 38.1 Å². The molecule has 3 nitrogen and oxygen atoms in total. The van der Waals surface area contributed by atoms with E-state index in [0.29, 0.717) is 6.42 Å². The maximum Gasteiger partial charge on any atom is 0.0635 e. The molecule has 3 heteroatoms. The van der Waals surface area contributed by atoms with E-state index >= 15 is 0 Å². The average molecular weight is 211 g/mol. The zero-order chi connectivity index (χ0) is 11.4. The third-order valence-electron chi connectivity index (χ3n) is 2.45. The number of hydrogen-bond donors (Lipinski definition) is 1. The van der Waals surface area contributed by atoms with Crippen LogP contribution < -0.4 is 5.32 Å². The molecule has 0 atom stereocenters. The quantitative estimate of drug-likeness (QED) is 0.562. The Kier molecular flexibility index (Phi) is 11.0. The Morgan fingerprint density at radius 1 is 1.13 bits per heavy atom. The molecule has 1 N–H and O–H groups in total. The van der Waals surface area contributed by atoms with Gasteiger partial charge in [-0.15, -0.1) is 0 Å². The lowest BCUT2D eigenvalue weighted by Gasteiger charge is -2.16. The van der Waals surface area contributed by atoms with Gasteiger partial charge in [0.05, 0.1) is 6.07 Å². The second kappa shape index (κ2) is 11.5. The van der Waals surface area contributed by atoms with Gasteiger partial charge in [0.2, 0.25) is 0 Å². The molecule has 0 rings (SSSR count). The van der Waals surface area contributed by atoms with Crippen molar-refractivity contribution in [3.8, 4) is 6.07 Å². The van der Waals surface area contributed by atoms with Crippen LogP contribution in [0, 0.1) is 11.3 Å². The molecule has 0 aliphatic carbocycles. The number of hydrogen-bond acceptors (Lipinski definition) is 3. The smallest absolute Gasteiger partial charge is 0.0635 e. The van der Waals surface area contributed by atoms with E-state index in [1.54, 1.807) is 0 Å². The predicted octanol–water partition coefficient (Wildman–Crippen LogP) is 2.00. The summed E-state index contributed by atoms with van der Waals surface area (Å²) >= 11 is 0. The lowest BCUT2D eigenvalue weighted by molar-refractivity contribution is 0.319. The van der Waals surface area contributed by atoms with Crippen molar-refractivity contribution in [1.29, 1.82) is 5.26 Å². The van der Waals surface area contributed by atoms with Gasteiger partial charge >= 0.3 is 0 Å². The molecule has 0 unspecified atom stereocenters. The fourth-order valence-electron chi connectivity index (χ4n) is 1.49. The van der Waals surface area contributed by atoms with Crippen molar-refractivity contribution in [2.45, 2.75) is 39.0 Å². The van der Waals surface area contributed by atoms with E-state index in [1.807, 2.05) is 0 Å². The van der Waals surface area contributed by atoms with E-state index in [9.17, 15) is 0 Å². The zero-order valence-corrected chi connectivity index (χ0v) is 10.3. The highest BCUT2D eigenvalue weighted by Crippen LogP contribution is 1.96. The van der Waals surface area contributed by atoms with Gasteiger partial charge < -0.3 is 10.2 Å². The fourth-order valence-corrected chi connectivity index (χ4v) is 1.49. The largest absolute Gasteiger partial charge is 0.316 e. The third-order valence-corrected chi connectivity index (χ3v) is 2.45. The van der Waals surface area contributed by atoms with Crippen LogP contribution in [0.1, 0.15) is 39.0 Å². The zero-order valence-electron chi connectivity index (χ0n) is 10.3. The van der Waals surface area contributed by atoms with E-state index in [0.717, 1.165) is 19.6 Å². The minimum atomic E-state index is 0.617. The standard InChI is InChI=1S/C12H25N3/c1-3-4-5-11-15(2)12-7-10-14-9-6-8-13/h14H,3-7,9-12H2,1-2H3. The van der Waals surface area contributed by atoms with Crippen molar-refractivity contribution in [3.05, 3.63) is 0 Å². The summed E-state index contributed by atoms with van der Waals surface area (Å²) in [6, 6.07) is 2.13. The van der Waals surface area contributed by atoms with Gasteiger partial charge in [-0.1, -0.05) is 19.8 Å². The van der Waals surface area contributed by atoms with Crippen molar-refractivity contribution in [1.82, 2.24) is 10.2 Å². The first kappa shape index (κ1) is 14.4. The maximum absolute atomic E-state index is 8.33. The lowest BCUT2D eigenvalue weighted by Crippen LogP contribution is -2.25. The molecule has 0 spiro atoms. The maximum atomic E-state index is 8.33. The molecule has 88 valence electrons. The average Bonchev–Trinajstić information content (AvgIpc) is 2.23. The molecule has 0 fully saturated rings. The fraction of sp³-hybridized carbons (Fsp3) is 0.917. The summed E-state index contributed by atoms with van der Waals surface area (Å²) < 4.78 is 0. The summed E-state index contributed by atoms with van der Waals surface area (Å²) in [5, 5.41) is 11.6. The summed E-state index contributed by atoms with van der Waals surface area (Å²) in [5.74, 6) is 0. The first-order valence-corrected chi connectivity index (χ1v) is 6.07. The Balaban J connectivity index is 3.10. The molecule has 0 amide bonds. The van der Waals surface area contributed by atoms with E-state index in [1.165, 1.54) is 32.2 Å². The molecule has 0 saturated heterocycles. The number of unbranched alkanes of at least 4 members (excludes halogenated alkanes) is 2. The Hall–Kier alpha value is -0.590. The van der Waals surface area contributed by atoms with Crippen LogP contribution in [-0.2, 0) is 0 Å². The van der Waals surface area contributed by atoms with Crippen molar-refractivity contribution in [3.63, 3.8) is 0 Å². The molecule has 0 radical (unpaired) electrons. The van der Waals surface area contributed by atoms with Gasteiger partial charge in [0.25, 0.3) is 0 Å². The summed E-state index contributed by atoms with van der Waals surface area (Å²) in [4.78, 5) is 2.39. The highest BCUT2D eigenvalue weighted by molar-refractivity contribution is 4.69. The Bertz CT molecular complexity index is 163. The highest BCUT2D eigenvalue weighted by atomic mass is 15.1. The predicted molar refractivity (Wildman–Crippen MR) is 64.7 cm³/mol. The van der Waals surface area contributed by atoms with Gasteiger partial charge in [0.1, 0.15) is 0 Å². The van der Waals surface area contributed by atoms with E-state index in [-0.39, 0.29) is 0 Å². The van der Waals surface area contributed by atoms with Crippen LogP contribution in [0.3, 0.4) is 0 Å². The Morgan fingerprint density at radius 3 is 2.53 bits per heavy atom. The molecule has 0 aliphatic heterocycles. The molecule has 0 aromatic rings. The minimum absolute atomic E-state index is 0.617. The molecule has 0 bridgehead atoms. The molecular formula is C12H25N3. The highest BCUT2D eigenvalue weighted by Gasteiger charge is 1.96. The summed E-state index contributed by atoms with van der Waals surface area (Å²) in [6.45, 7) is 6.46. The number of nitrogens with one attached hydrogen (secondary N) is 1.